The largest absolute Gasteiger partial charge is 0.396 e. The number of nitrogens with zero attached hydrogens (tertiary/aromatic N) is 1. The van der Waals surface area contributed by atoms with Crippen LogP contribution in [0.15, 0.2) is 41.3 Å². The van der Waals surface area contributed by atoms with E-state index in [4.69, 9.17) is 5.11 Å². The lowest BCUT2D eigenvalue weighted by atomic mass is 10.1. The van der Waals surface area contributed by atoms with Gasteiger partial charge in [0.1, 0.15) is 0 Å². The van der Waals surface area contributed by atoms with Gasteiger partial charge in [-0.2, -0.15) is 0 Å². The lowest BCUT2D eigenvalue weighted by Gasteiger charge is -2.17. The minimum Gasteiger partial charge on any atom is -0.396 e. The average molecular weight is 350 g/mol. The molecule has 0 bridgehead atoms. The van der Waals surface area contributed by atoms with Gasteiger partial charge < -0.3 is 10.0 Å². The van der Waals surface area contributed by atoms with Gasteiger partial charge in [0.05, 0.1) is 4.90 Å². The fourth-order valence-electron chi connectivity index (χ4n) is 2.76. The van der Waals surface area contributed by atoms with Gasteiger partial charge in [0, 0.05) is 43.7 Å². The Hall–Kier alpha value is -1.63. The summed E-state index contributed by atoms with van der Waals surface area (Å²) in [4.78, 5) is 2.30. The number of nitrogens with one attached hydrogen (secondary N) is 1. The third-order valence-electron chi connectivity index (χ3n) is 4.01. The number of hydrogen-bond acceptors (Lipinski definition) is 4. The molecule has 2 aromatic rings. The maximum atomic E-state index is 12.7. The maximum Gasteiger partial charge on any atom is 0.241 e. The number of sulfonamides is 1. The van der Waals surface area contributed by atoms with E-state index in [-0.39, 0.29) is 6.61 Å². The van der Waals surface area contributed by atoms with Crippen LogP contribution in [-0.2, 0) is 10.0 Å². The molecule has 0 aliphatic carbocycles. The molecule has 0 atom stereocenters. The van der Waals surface area contributed by atoms with Crippen molar-refractivity contribution < 1.29 is 13.5 Å². The highest BCUT2D eigenvalue weighted by atomic mass is 32.2. The molecule has 0 fully saturated rings. The third-order valence-corrected chi connectivity index (χ3v) is 5.53. The van der Waals surface area contributed by atoms with Gasteiger partial charge in [-0.05, 0) is 25.0 Å². The van der Waals surface area contributed by atoms with Crippen molar-refractivity contribution in [3.8, 4) is 0 Å². The van der Waals surface area contributed by atoms with Crippen molar-refractivity contribution in [3.63, 3.8) is 0 Å². The van der Waals surface area contributed by atoms with Crippen molar-refractivity contribution in [1.82, 2.24) is 4.72 Å². The Morgan fingerprint density at radius 2 is 1.62 bits per heavy atom. The Kier molecular flexibility index (Phi) is 6.60. The molecule has 0 saturated heterocycles. The van der Waals surface area contributed by atoms with Crippen LogP contribution in [0.2, 0.25) is 0 Å². The van der Waals surface area contributed by atoms with Crippen LogP contribution < -0.4 is 9.62 Å². The second-order valence-corrected chi connectivity index (χ2v) is 7.79. The summed E-state index contributed by atoms with van der Waals surface area (Å²) in [5.74, 6) is 0. The van der Waals surface area contributed by atoms with Crippen LogP contribution in [0.4, 0.5) is 5.69 Å². The molecule has 0 unspecified atom stereocenters. The molecule has 2 N–H and O–H groups in total. The first kappa shape index (κ1) is 18.7. The first-order chi connectivity index (χ1) is 11.5. The Labute approximate surface area is 144 Å². The van der Waals surface area contributed by atoms with Gasteiger partial charge in [-0.15, -0.1) is 0 Å². The Bertz CT molecular complexity index is 773. The van der Waals surface area contributed by atoms with E-state index in [0.29, 0.717) is 11.4 Å². The molecule has 0 radical (unpaired) electrons. The summed E-state index contributed by atoms with van der Waals surface area (Å²) in [6.45, 7) is 0.605. The lowest BCUT2D eigenvalue weighted by Crippen LogP contribution is -2.25. The molecule has 2 rings (SSSR count). The van der Waals surface area contributed by atoms with Crippen molar-refractivity contribution in [2.45, 2.75) is 30.6 Å². The number of anilines is 1. The molecule has 0 aliphatic heterocycles. The Morgan fingerprint density at radius 1 is 0.958 bits per heavy atom. The summed E-state index contributed by atoms with van der Waals surface area (Å²) >= 11 is 0. The summed E-state index contributed by atoms with van der Waals surface area (Å²) < 4.78 is 28.0. The normalized spacial score (nSPS) is 11.8. The van der Waals surface area contributed by atoms with Crippen LogP contribution in [0.5, 0.6) is 0 Å². The third kappa shape index (κ3) is 4.47. The predicted molar refractivity (Wildman–Crippen MR) is 99.0 cm³/mol. The first-order valence-corrected chi connectivity index (χ1v) is 9.75. The number of benzene rings is 2. The summed E-state index contributed by atoms with van der Waals surface area (Å²) in [5, 5.41) is 10.4. The minimum absolute atomic E-state index is 0.190. The number of unbranched alkanes of at least 4 members (excludes halogenated alkanes) is 3. The molecule has 0 saturated carbocycles. The number of fused-ring (bicyclic) bond motifs is 1. The van der Waals surface area contributed by atoms with Crippen LogP contribution >= 0.6 is 0 Å². The SMILES string of the molecule is CN(C)c1cccc2c(S(=O)(=O)NCCCCCCO)cccc12. The van der Waals surface area contributed by atoms with Crippen molar-refractivity contribution >= 4 is 26.5 Å². The molecule has 0 heterocycles. The topological polar surface area (TPSA) is 69.6 Å². The Balaban J connectivity index is 2.20. The summed E-state index contributed by atoms with van der Waals surface area (Å²) in [6, 6.07) is 11.1. The molecule has 132 valence electrons. The molecule has 0 aromatic heterocycles. The molecule has 0 amide bonds. The van der Waals surface area contributed by atoms with Gasteiger partial charge in [-0.1, -0.05) is 37.1 Å². The molecule has 5 nitrogen and oxygen atoms in total. The van der Waals surface area contributed by atoms with E-state index in [1.165, 1.54) is 0 Å². The highest BCUT2D eigenvalue weighted by molar-refractivity contribution is 7.89. The fourth-order valence-corrected chi connectivity index (χ4v) is 4.06. The minimum atomic E-state index is -3.54. The van der Waals surface area contributed by atoms with Gasteiger partial charge in [-0.25, -0.2) is 13.1 Å². The van der Waals surface area contributed by atoms with Crippen molar-refractivity contribution in [2.75, 3.05) is 32.1 Å². The summed E-state index contributed by atoms with van der Waals surface area (Å²) in [5.41, 5.74) is 0.994. The van der Waals surface area contributed by atoms with Gasteiger partial charge in [-0.3, -0.25) is 0 Å². The highest BCUT2D eigenvalue weighted by Gasteiger charge is 2.17. The second kappa shape index (κ2) is 8.46. The van der Waals surface area contributed by atoms with E-state index in [1.54, 1.807) is 12.1 Å². The molecule has 0 aliphatic rings. The number of hydrogen-bond donors (Lipinski definition) is 2. The number of rotatable bonds is 9. The van der Waals surface area contributed by atoms with E-state index >= 15 is 0 Å². The van der Waals surface area contributed by atoms with Crippen LogP contribution in [0.25, 0.3) is 10.8 Å². The maximum absolute atomic E-state index is 12.7. The van der Waals surface area contributed by atoms with E-state index in [1.807, 2.05) is 43.3 Å². The molecular weight excluding hydrogens is 324 g/mol. The molecule has 0 spiro atoms. The van der Waals surface area contributed by atoms with Crippen LogP contribution in [0, 0.1) is 0 Å². The van der Waals surface area contributed by atoms with E-state index in [9.17, 15) is 8.42 Å². The Morgan fingerprint density at radius 3 is 2.33 bits per heavy atom. The highest BCUT2D eigenvalue weighted by Crippen LogP contribution is 2.30. The van der Waals surface area contributed by atoms with Crippen LogP contribution in [-0.4, -0.2) is 40.8 Å². The average Bonchev–Trinajstić information content (AvgIpc) is 2.56. The van der Waals surface area contributed by atoms with E-state index in [2.05, 4.69) is 4.72 Å². The second-order valence-electron chi connectivity index (χ2n) is 6.06. The van der Waals surface area contributed by atoms with Crippen molar-refractivity contribution in [2.24, 2.45) is 0 Å². The molecular formula is C18H26N2O3S. The van der Waals surface area contributed by atoms with E-state index < -0.39 is 10.0 Å². The van der Waals surface area contributed by atoms with E-state index in [0.717, 1.165) is 42.1 Å². The zero-order valence-electron chi connectivity index (χ0n) is 14.3. The zero-order chi connectivity index (χ0) is 17.6. The van der Waals surface area contributed by atoms with Crippen LogP contribution in [0.1, 0.15) is 25.7 Å². The monoisotopic (exact) mass is 350 g/mol. The smallest absolute Gasteiger partial charge is 0.241 e. The lowest BCUT2D eigenvalue weighted by molar-refractivity contribution is 0.282. The van der Waals surface area contributed by atoms with Crippen molar-refractivity contribution in [3.05, 3.63) is 36.4 Å². The first-order valence-electron chi connectivity index (χ1n) is 8.27. The standard InChI is InChI=1S/C18H26N2O3S/c1-20(2)17-11-7-10-16-15(17)9-8-12-18(16)24(22,23)19-13-5-3-4-6-14-21/h7-12,19,21H,3-6,13-14H2,1-2H3. The van der Waals surface area contributed by atoms with Crippen molar-refractivity contribution in [1.29, 1.82) is 0 Å². The fraction of sp³-hybridized carbons (Fsp3) is 0.444. The molecule has 2 aromatic carbocycles. The quantitative estimate of drug-likeness (QED) is 0.682. The molecule has 6 heteroatoms. The summed E-state index contributed by atoms with van der Waals surface area (Å²) in [7, 11) is 0.350. The number of aliphatic hydroxyl groups excluding tert-OH is 1. The molecule has 24 heavy (non-hydrogen) atoms. The van der Waals surface area contributed by atoms with Gasteiger partial charge in [0.15, 0.2) is 0 Å². The zero-order valence-corrected chi connectivity index (χ0v) is 15.1. The summed E-state index contributed by atoms with van der Waals surface area (Å²) in [6.07, 6.45) is 3.36. The van der Waals surface area contributed by atoms with Gasteiger partial charge >= 0.3 is 0 Å². The predicted octanol–water partition coefficient (Wildman–Crippen LogP) is 2.74. The number of aliphatic hydroxyl groups is 1. The van der Waals surface area contributed by atoms with Gasteiger partial charge in [0.2, 0.25) is 10.0 Å². The van der Waals surface area contributed by atoms with Gasteiger partial charge in [0.25, 0.3) is 0 Å². The van der Waals surface area contributed by atoms with Crippen LogP contribution in [0.3, 0.4) is 0 Å².